The zero-order chi connectivity index (χ0) is 18.6. The molecule has 8 heteroatoms. The summed E-state index contributed by atoms with van der Waals surface area (Å²) in [7, 11) is 0. The monoisotopic (exact) mass is 365 g/mol. The van der Waals surface area contributed by atoms with Crippen molar-refractivity contribution in [2.75, 3.05) is 30.3 Å². The second kappa shape index (κ2) is 7.73. The van der Waals surface area contributed by atoms with E-state index >= 15 is 0 Å². The Morgan fingerprint density at radius 3 is 2.74 bits per heavy atom. The lowest BCUT2D eigenvalue weighted by Gasteiger charge is -2.28. The van der Waals surface area contributed by atoms with E-state index in [1.165, 1.54) is 11.1 Å². The van der Waals surface area contributed by atoms with Crippen LogP contribution >= 0.6 is 0 Å². The number of β-amino-alcohol motifs (C(OH)–C–C–N with tert-alkyl or cyclic N) is 1. The minimum atomic E-state index is 0.193. The van der Waals surface area contributed by atoms with Crippen LogP contribution in [0, 0.1) is 6.92 Å². The molecule has 140 valence electrons. The van der Waals surface area contributed by atoms with E-state index in [-0.39, 0.29) is 6.61 Å². The minimum Gasteiger partial charge on any atom is -0.395 e. The molecular weight excluding hydrogens is 342 g/mol. The van der Waals surface area contributed by atoms with Crippen LogP contribution in [0.25, 0.3) is 0 Å². The zero-order valence-corrected chi connectivity index (χ0v) is 15.2. The van der Waals surface area contributed by atoms with E-state index in [1.807, 2.05) is 13.0 Å². The summed E-state index contributed by atoms with van der Waals surface area (Å²) in [4.78, 5) is 11.1. The molecule has 1 aliphatic heterocycles. The standard InChI is InChI=1S/C19H23N7O/c1-13-8-17(25-24-13)22-19-11-20-10-18(23-19)21-16-3-2-14-4-5-26(6-7-27)12-15(14)9-16/h2-3,8-11,27H,4-7,12H2,1H3,(H3,21,22,23,24,25). The van der Waals surface area contributed by atoms with E-state index in [4.69, 9.17) is 5.11 Å². The van der Waals surface area contributed by atoms with Crippen LogP contribution in [0.15, 0.2) is 36.7 Å². The van der Waals surface area contributed by atoms with Crippen molar-refractivity contribution in [1.82, 2.24) is 25.1 Å². The van der Waals surface area contributed by atoms with Gasteiger partial charge in [-0.05, 0) is 36.6 Å². The Labute approximate surface area is 157 Å². The number of aromatic nitrogens is 4. The molecule has 0 saturated carbocycles. The molecule has 0 aliphatic carbocycles. The summed E-state index contributed by atoms with van der Waals surface area (Å²) < 4.78 is 0. The topological polar surface area (TPSA) is 102 Å². The normalized spacial score (nSPS) is 14.0. The molecule has 0 saturated heterocycles. The molecule has 8 nitrogen and oxygen atoms in total. The van der Waals surface area contributed by atoms with Gasteiger partial charge in [0.25, 0.3) is 0 Å². The van der Waals surface area contributed by atoms with E-state index < -0.39 is 0 Å². The van der Waals surface area contributed by atoms with E-state index in [0.717, 1.165) is 30.9 Å². The van der Waals surface area contributed by atoms with Crippen molar-refractivity contribution < 1.29 is 5.11 Å². The fraction of sp³-hybridized carbons (Fsp3) is 0.316. The molecular formula is C19H23N7O. The Morgan fingerprint density at radius 2 is 1.96 bits per heavy atom. The lowest BCUT2D eigenvalue weighted by atomic mass is 9.99. The Hall–Kier alpha value is -2.97. The van der Waals surface area contributed by atoms with E-state index in [1.54, 1.807) is 12.4 Å². The van der Waals surface area contributed by atoms with Gasteiger partial charge in [-0.25, -0.2) is 4.98 Å². The molecule has 4 rings (SSSR count). The van der Waals surface area contributed by atoms with Gasteiger partial charge in [-0.2, -0.15) is 5.10 Å². The molecule has 27 heavy (non-hydrogen) atoms. The summed E-state index contributed by atoms with van der Waals surface area (Å²) in [5.41, 5.74) is 4.60. The van der Waals surface area contributed by atoms with Crippen molar-refractivity contribution in [2.24, 2.45) is 0 Å². The van der Waals surface area contributed by atoms with Gasteiger partial charge in [0.15, 0.2) is 17.5 Å². The van der Waals surface area contributed by atoms with Crippen LogP contribution in [0.3, 0.4) is 0 Å². The average Bonchev–Trinajstić information content (AvgIpc) is 3.07. The first-order valence-corrected chi connectivity index (χ1v) is 9.03. The number of hydrogen-bond donors (Lipinski definition) is 4. The fourth-order valence-electron chi connectivity index (χ4n) is 3.27. The van der Waals surface area contributed by atoms with E-state index in [0.29, 0.717) is 24.0 Å². The number of aryl methyl sites for hydroxylation is 1. The average molecular weight is 365 g/mol. The van der Waals surface area contributed by atoms with Crippen molar-refractivity contribution in [1.29, 1.82) is 0 Å². The number of fused-ring (bicyclic) bond motifs is 1. The molecule has 0 spiro atoms. The lowest BCUT2D eigenvalue weighted by molar-refractivity contribution is 0.184. The number of aliphatic hydroxyl groups is 1. The van der Waals surface area contributed by atoms with Crippen molar-refractivity contribution in [3.05, 3.63) is 53.5 Å². The molecule has 0 unspecified atom stereocenters. The van der Waals surface area contributed by atoms with Gasteiger partial charge >= 0.3 is 0 Å². The van der Waals surface area contributed by atoms with E-state index in [2.05, 4.69) is 53.9 Å². The highest BCUT2D eigenvalue weighted by Gasteiger charge is 2.16. The minimum absolute atomic E-state index is 0.193. The van der Waals surface area contributed by atoms with Gasteiger partial charge in [-0.1, -0.05) is 6.07 Å². The highest BCUT2D eigenvalue weighted by atomic mass is 16.3. The summed E-state index contributed by atoms with van der Waals surface area (Å²) in [6, 6.07) is 8.29. The molecule has 0 amide bonds. The number of nitrogens with one attached hydrogen (secondary N) is 3. The highest BCUT2D eigenvalue weighted by Crippen LogP contribution is 2.24. The molecule has 0 atom stereocenters. The summed E-state index contributed by atoms with van der Waals surface area (Å²) in [5.74, 6) is 1.99. The van der Waals surface area contributed by atoms with Crippen LogP contribution in [-0.4, -0.2) is 49.9 Å². The third kappa shape index (κ3) is 4.24. The Morgan fingerprint density at radius 1 is 1.11 bits per heavy atom. The van der Waals surface area contributed by atoms with Crippen LogP contribution in [0.5, 0.6) is 0 Å². The maximum Gasteiger partial charge on any atom is 0.153 e. The number of hydrogen-bond acceptors (Lipinski definition) is 7. The SMILES string of the molecule is Cc1cc(Nc2cncc(Nc3ccc4c(c3)CN(CCO)CC4)n2)n[nH]1. The first kappa shape index (κ1) is 17.4. The predicted molar refractivity (Wildman–Crippen MR) is 104 cm³/mol. The second-order valence-corrected chi connectivity index (χ2v) is 6.71. The van der Waals surface area contributed by atoms with Gasteiger partial charge in [0.05, 0.1) is 19.0 Å². The van der Waals surface area contributed by atoms with Crippen molar-refractivity contribution in [3.63, 3.8) is 0 Å². The molecule has 1 aliphatic rings. The maximum absolute atomic E-state index is 9.17. The summed E-state index contributed by atoms with van der Waals surface area (Å²) in [6.45, 7) is 4.70. The van der Waals surface area contributed by atoms with Crippen LogP contribution in [0.4, 0.5) is 23.1 Å². The molecule has 3 heterocycles. The largest absolute Gasteiger partial charge is 0.395 e. The first-order valence-electron chi connectivity index (χ1n) is 9.03. The smallest absolute Gasteiger partial charge is 0.153 e. The number of aliphatic hydroxyl groups excluding tert-OH is 1. The Kier molecular flexibility index (Phi) is 4.99. The van der Waals surface area contributed by atoms with E-state index in [9.17, 15) is 0 Å². The molecule has 4 N–H and O–H groups in total. The quantitative estimate of drug-likeness (QED) is 0.532. The van der Waals surface area contributed by atoms with Gasteiger partial charge in [-0.3, -0.25) is 15.0 Å². The predicted octanol–water partition coefficient (Wildman–Crippen LogP) is 2.35. The third-order valence-electron chi connectivity index (χ3n) is 4.58. The molecule has 0 fully saturated rings. The van der Waals surface area contributed by atoms with Gasteiger partial charge in [-0.15, -0.1) is 0 Å². The van der Waals surface area contributed by atoms with Crippen molar-refractivity contribution in [3.8, 4) is 0 Å². The van der Waals surface area contributed by atoms with Crippen LogP contribution < -0.4 is 10.6 Å². The number of anilines is 4. The molecule has 0 radical (unpaired) electrons. The number of H-pyrrole nitrogens is 1. The number of benzene rings is 1. The first-order chi connectivity index (χ1) is 13.2. The highest BCUT2D eigenvalue weighted by molar-refractivity contribution is 5.60. The summed E-state index contributed by atoms with van der Waals surface area (Å²) >= 11 is 0. The summed E-state index contributed by atoms with van der Waals surface area (Å²) in [5, 5.41) is 22.7. The van der Waals surface area contributed by atoms with Gasteiger partial charge in [0.2, 0.25) is 0 Å². The Balaban J connectivity index is 1.48. The van der Waals surface area contributed by atoms with Gasteiger partial charge < -0.3 is 15.7 Å². The molecule has 3 aromatic rings. The molecule has 2 aromatic heterocycles. The van der Waals surface area contributed by atoms with Crippen molar-refractivity contribution >= 4 is 23.1 Å². The Bertz CT molecular complexity index is 924. The lowest BCUT2D eigenvalue weighted by Crippen LogP contribution is -2.32. The van der Waals surface area contributed by atoms with Gasteiger partial charge in [0.1, 0.15) is 0 Å². The fourth-order valence-corrected chi connectivity index (χ4v) is 3.27. The van der Waals surface area contributed by atoms with Crippen LogP contribution in [-0.2, 0) is 13.0 Å². The third-order valence-corrected chi connectivity index (χ3v) is 4.58. The zero-order valence-electron chi connectivity index (χ0n) is 15.2. The van der Waals surface area contributed by atoms with Crippen LogP contribution in [0.2, 0.25) is 0 Å². The molecule has 1 aromatic carbocycles. The van der Waals surface area contributed by atoms with Crippen molar-refractivity contribution in [2.45, 2.75) is 19.9 Å². The second-order valence-electron chi connectivity index (χ2n) is 6.71. The number of nitrogens with zero attached hydrogens (tertiary/aromatic N) is 4. The number of rotatable bonds is 6. The molecule has 0 bridgehead atoms. The van der Waals surface area contributed by atoms with Gasteiger partial charge in [0, 0.05) is 37.1 Å². The summed E-state index contributed by atoms with van der Waals surface area (Å²) in [6.07, 6.45) is 4.37. The van der Waals surface area contributed by atoms with Crippen LogP contribution in [0.1, 0.15) is 16.8 Å². The maximum atomic E-state index is 9.17. The number of aromatic amines is 1.